The van der Waals surface area contributed by atoms with Crippen molar-refractivity contribution in [1.82, 2.24) is 5.32 Å². The lowest BCUT2D eigenvalue weighted by Crippen LogP contribution is -2.33. The largest absolute Gasteiger partial charge is 0.378 e. The number of thiophene rings is 1. The molecule has 0 amide bonds. The highest BCUT2D eigenvalue weighted by atomic mass is 32.1. The van der Waals surface area contributed by atoms with Gasteiger partial charge in [-0.2, -0.15) is 0 Å². The maximum Gasteiger partial charge on any atom is 0.324 e. The Morgan fingerprint density at radius 2 is 2.50 bits per heavy atom. The summed E-state index contributed by atoms with van der Waals surface area (Å²) in [6.07, 6.45) is 0. The first-order chi connectivity index (χ1) is 6.77. The van der Waals surface area contributed by atoms with Crippen LogP contribution in [0.3, 0.4) is 0 Å². The highest BCUT2D eigenvalue weighted by Gasteiger charge is 2.19. The van der Waals surface area contributed by atoms with E-state index in [1.54, 1.807) is 6.07 Å². The predicted octanol–water partition coefficient (Wildman–Crippen LogP) is 1.32. The van der Waals surface area contributed by atoms with E-state index >= 15 is 0 Å². The van der Waals surface area contributed by atoms with Crippen LogP contribution in [0.5, 0.6) is 0 Å². The molecule has 2 heterocycles. The van der Waals surface area contributed by atoms with Gasteiger partial charge in [0.05, 0.1) is 24.2 Å². The number of nitrogens with one attached hydrogen (secondary N) is 1. The van der Waals surface area contributed by atoms with Crippen molar-refractivity contribution in [2.75, 3.05) is 19.8 Å². The summed E-state index contributed by atoms with van der Waals surface area (Å²) in [7, 11) is 0. The van der Waals surface area contributed by atoms with Crippen molar-refractivity contribution < 1.29 is 9.66 Å². The predicted molar refractivity (Wildman–Crippen MR) is 52.5 cm³/mol. The third kappa shape index (κ3) is 1.92. The lowest BCUT2D eigenvalue weighted by molar-refractivity contribution is -0.380. The third-order valence-corrected chi connectivity index (χ3v) is 3.21. The third-order valence-electron chi connectivity index (χ3n) is 2.06. The van der Waals surface area contributed by atoms with Gasteiger partial charge in [0.15, 0.2) is 0 Å². The molecule has 1 N–H and O–H groups in total. The Morgan fingerprint density at radius 3 is 3.07 bits per heavy atom. The Bertz CT molecular complexity index is 333. The Kier molecular flexibility index (Phi) is 2.76. The summed E-state index contributed by atoms with van der Waals surface area (Å²) in [5, 5.41) is 13.9. The molecule has 0 aliphatic carbocycles. The molecule has 5 nitrogen and oxygen atoms in total. The lowest BCUT2D eigenvalue weighted by atomic mass is 10.2. The summed E-state index contributed by atoms with van der Waals surface area (Å²) >= 11 is 1.21. The van der Waals surface area contributed by atoms with Gasteiger partial charge in [-0.25, -0.2) is 0 Å². The smallest absolute Gasteiger partial charge is 0.324 e. The molecule has 0 aromatic carbocycles. The molecule has 76 valence electrons. The zero-order valence-corrected chi connectivity index (χ0v) is 8.25. The number of hydrogen-bond donors (Lipinski definition) is 1. The van der Waals surface area contributed by atoms with Gasteiger partial charge in [0.2, 0.25) is 0 Å². The standard InChI is InChI=1S/C8H10N2O3S/c11-10(12)8-2-1-7(14-8)6-5-13-4-3-9-6/h1-2,6,9H,3-5H2. The minimum absolute atomic E-state index is 0.113. The number of nitrogens with zero attached hydrogens (tertiary/aromatic N) is 1. The van der Waals surface area contributed by atoms with Gasteiger partial charge in [-0.3, -0.25) is 10.1 Å². The van der Waals surface area contributed by atoms with Gasteiger partial charge in [-0.15, -0.1) is 0 Å². The topological polar surface area (TPSA) is 64.4 Å². The fraction of sp³-hybridized carbons (Fsp3) is 0.500. The molecule has 6 heteroatoms. The molecule has 0 bridgehead atoms. The van der Waals surface area contributed by atoms with Gasteiger partial charge in [0.1, 0.15) is 0 Å². The molecule has 0 spiro atoms. The second kappa shape index (κ2) is 4.04. The first-order valence-corrected chi connectivity index (χ1v) is 5.14. The van der Waals surface area contributed by atoms with Gasteiger partial charge < -0.3 is 10.1 Å². The van der Waals surface area contributed by atoms with Crippen LogP contribution in [-0.2, 0) is 4.74 Å². The fourth-order valence-electron chi connectivity index (χ4n) is 1.38. The average Bonchev–Trinajstić information content (AvgIpc) is 2.68. The molecule has 1 aromatic rings. The highest BCUT2D eigenvalue weighted by molar-refractivity contribution is 7.15. The quantitative estimate of drug-likeness (QED) is 0.595. The molecule has 0 radical (unpaired) electrons. The molecule has 14 heavy (non-hydrogen) atoms. The zero-order valence-electron chi connectivity index (χ0n) is 7.43. The second-order valence-corrected chi connectivity index (χ2v) is 4.11. The van der Waals surface area contributed by atoms with E-state index < -0.39 is 0 Å². The normalized spacial score (nSPS) is 22.1. The van der Waals surface area contributed by atoms with E-state index in [0.717, 1.165) is 11.4 Å². The Labute approximate surface area is 84.8 Å². The van der Waals surface area contributed by atoms with Crippen molar-refractivity contribution in [1.29, 1.82) is 0 Å². The van der Waals surface area contributed by atoms with Crippen molar-refractivity contribution >= 4 is 16.3 Å². The highest BCUT2D eigenvalue weighted by Crippen LogP contribution is 2.29. The molecule has 2 rings (SSSR count). The minimum atomic E-state index is -0.363. The number of rotatable bonds is 2. The molecule has 0 saturated carbocycles. The molecule has 1 atom stereocenters. The molecule has 1 aliphatic heterocycles. The van der Waals surface area contributed by atoms with Crippen molar-refractivity contribution in [3.8, 4) is 0 Å². The van der Waals surface area contributed by atoms with Crippen LogP contribution < -0.4 is 5.32 Å². The Hall–Kier alpha value is -0.980. The number of ether oxygens (including phenoxy) is 1. The van der Waals surface area contributed by atoms with Gasteiger partial charge in [0.25, 0.3) is 0 Å². The van der Waals surface area contributed by atoms with Gasteiger partial charge in [-0.05, 0) is 6.07 Å². The van der Waals surface area contributed by atoms with E-state index in [0.29, 0.717) is 13.2 Å². The van der Waals surface area contributed by atoms with Gasteiger partial charge in [0, 0.05) is 17.5 Å². The first kappa shape index (κ1) is 9.57. The Balaban J connectivity index is 2.11. The van der Waals surface area contributed by atoms with Crippen LogP contribution in [0.25, 0.3) is 0 Å². The van der Waals surface area contributed by atoms with Crippen LogP contribution in [0.4, 0.5) is 5.00 Å². The summed E-state index contributed by atoms with van der Waals surface area (Å²) < 4.78 is 5.28. The van der Waals surface area contributed by atoms with Crippen LogP contribution in [-0.4, -0.2) is 24.7 Å². The molecule has 1 aliphatic rings. The molecule has 1 aromatic heterocycles. The van der Waals surface area contributed by atoms with E-state index in [9.17, 15) is 10.1 Å². The maximum absolute atomic E-state index is 10.5. The summed E-state index contributed by atoms with van der Waals surface area (Å²) in [5.74, 6) is 0. The van der Waals surface area contributed by atoms with Crippen molar-refractivity contribution in [2.24, 2.45) is 0 Å². The van der Waals surface area contributed by atoms with Crippen LogP contribution in [0, 0.1) is 10.1 Å². The van der Waals surface area contributed by atoms with E-state index in [4.69, 9.17) is 4.74 Å². The van der Waals surface area contributed by atoms with Crippen molar-refractivity contribution in [3.05, 3.63) is 27.1 Å². The van der Waals surface area contributed by atoms with E-state index in [2.05, 4.69) is 5.32 Å². The van der Waals surface area contributed by atoms with E-state index in [1.165, 1.54) is 17.4 Å². The van der Waals surface area contributed by atoms with Crippen LogP contribution >= 0.6 is 11.3 Å². The summed E-state index contributed by atoms with van der Waals surface area (Å²) in [4.78, 5) is 11.1. The van der Waals surface area contributed by atoms with Crippen LogP contribution in [0.2, 0.25) is 0 Å². The monoisotopic (exact) mass is 214 g/mol. The molecule has 1 saturated heterocycles. The first-order valence-electron chi connectivity index (χ1n) is 4.32. The summed E-state index contributed by atoms with van der Waals surface area (Å²) in [6.45, 7) is 2.11. The zero-order chi connectivity index (χ0) is 9.97. The minimum Gasteiger partial charge on any atom is -0.378 e. The second-order valence-electron chi connectivity index (χ2n) is 3.01. The average molecular weight is 214 g/mol. The van der Waals surface area contributed by atoms with Crippen molar-refractivity contribution in [3.63, 3.8) is 0 Å². The molecule has 1 unspecified atom stereocenters. The maximum atomic E-state index is 10.5. The molecular formula is C8H10N2O3S. The SMILES string of the molecule is O=[N+]([O-])c1ccc(C2COCCN2)s1. The van der Waals surface area contributed by atoms with E-state index in [-0.39, 0.29) is 16.0 Å². The summed E-state index contributed by atoms with van der Waals surface area (Å²) in [5.41, 5.74) is 0. The summed E-state index contributed by atoms with van der Waals surface area (Å²) in [6, 6.07) is 3.44. The number of nitro groups is 1. The van der Waals surface area contributed by atoms with Gasteiger partial charge in [-0.1, -0.05) is 11.3 Å². The Morgan fingerprint density at radius 1 is 1.64 bits per heavy atom. The van der Waals surface area contributed by atoms with Gasteiger partial charge >= 0.3 is 5.00 Å². The fourth-order valence-corrected chi connectivity index (χ4v) is 2.26. The lowest BCUT2D eigenvalue weighted by Gasteiger charge is -2.22. The van der Waals surface area contributed by atoms with Crippen LogP contribution in [0.15, 0.2) is 12.1 Å². The molecular weight excluding hydrogens is 204 g/mol. The molecule has 1 fully saturated rings. The number of morpholine rings is 1. The van der Waals surface area contributed by atoms with E-state index in [1.807, 2.05) is 0 Å². The van der Waals surface area contributed by atoms with Crippen LogP contribution in [0.1, 0.15) is 10.9 Å². The van der Waals surface area contributed by atoms with Crippen molar-refractivity contribution in [2.45, 2.75) is 6.04 Å². The number of hydrogen-bond acceptors (Lipinski definition) is 5.